The molecule has 134 valence electrons. The van der Waals surface area contributed by atoms with E-state index in [4.69, 9.17) is 4.74 Å². The molecule has 7 heteroatoms. The summed E-state index contributed by atoms with van der Waals surface area (Å²) in [4.78, 5) is 16.4. The number of carbonyl (C=O) groups excluding carboxylic acids is 1. The third-order valence-electron chi connectivity index (χ3n) is 3.79. The molecule has 0 unspecified atom stereocenters. The third kappa shape index (κ3) is 4.43. The molecular formula is C19H20N4O2S. The molecule has 0 aliphatic carbocycles. The summed E-state index contributed by atoms with van der Waals surface area (Å²) in [6, 6.07) is 11.6. The summed E-state index contributed by atoms with van der Waals surface area (Å²) in [5, 5.41) is 11.8. The van der Waals surface area contributed by atoms with E-state index in [1.165, 1.54) is 16.9 Å². The van der Waals surface area contributed by atoms with Gasteiger partial charge in [0.05, 0.1) is 0 Å². The van der Waals surface area contributed by atoms with Crippen molar-refractivity contribution < 1.29 is 9.53 Å². The second-order valence-corrected chi connectivity index (χ2v) is 7.12. The number of hydrogen-bond donors (Lipinski definition) is 1. The van der Waals surface area contributed by atoms with Gasteiger partial charge in [-0.2, -0.15) is 0 Å². The number of rotatable bonds is 6. The number of aromatic nitrogens is 3. The highest BCUT2D eigenvalue weighted by Gasteiger charge is 2.12. The Hall–Kier alpha value is -2.80. The Bertz CT molecular complexity index is 894. The van der Waals surface area contributed by atoms with Crippen LogP contribution in [0.4, 0.5) is 5.13 Å². The smallest absolute Gasteiger partial charge is 0.264 e. The number of hydrogen-bond acceptors (Lipinski definition) is 6. The maximum Gasteiger partial charge on any atom is 0.264 e. The highest BCUT2D eigenvalue weighted by Crippen LogP contribution is 2.25. The molecule has 3 aromatic rings. The van der Waals surface area contributed by atoms with Crippen LogP contribution in [0.2, 0.25) is 0 Å². The van der Waals surface area contributed by atoms with Crippen LogP contribution in [0.1, 0.15) is 30.9 Å². The monoisotopic (exact) mass is 368 g/mol. The van der Waals surface area contributed by atoms with Crippen molar-refractivity contribution in [3.63, 3.8) is 0 Å². The van der Waals surface area contributed by atoms with E-state index < -0.39 is 0 Å². The zero-order valence-electron chi connectivity index (χ0n) is 14.9. The first kappa shape index (κ1) is 18.0. The zero-order chi connectivity index (χ0) is 18.5. The number of nitrogens with zero attached hydrogens (tertiary/aromatic N) is 3. The fourth-order valence-corrected chi connectivity index (χ4v) is 3.03. The summed E-state index contributed by atoms with van der Waals surface area (Å²) >= 11 is 1.27. The lowest BCUT2D eigenvalue weighted by Gasteiger charge is -2.12. The van der Waals surface area contributed by atoms with E-state index in [0.717, 1.165) is 17.0 Å². The van der Waals surface area contributed by atoms with Crippen molar-refractivity contribution in [2.75, 3.05) is 11.9 Å². The van der Waals surface area contributed by atoms with Crippen LogP contribution in [0, 0.1) is 6.92 Å². The van der Waals surface area contributed by atoms with E-state index in [0.29, 0.717) is 16.1 Å². The fraction of sp³-hybridized carbons (Fsp3) is 0.263. The number of carbonyl (C=O) groups is 1. The number of ether oxygens (including phenoxy) is 1. The van der Waals surface area contributed by atoms with Crippen molar-refractivity contribution in [3.8, 4) is 16.5 Å². The second-order valence-electron chi connectivity index (χ2n) is 6.14. The van der Waals surface area contributed by atoms with Crippen molar-refractivity contribution in [2.24, 2.45) is 0 Å². The molecule has 2 heterocycles. The zero-order valence-corrected chi connectivity index (χ0v) is 15.7. The highest BCUT2D eigenvalue weighted by molar-refractivity contribution is 7.18. The molecule has 0 fully saturated rings. The summed E-state index contributed by atoms with van der Waals surface area (Å²) in [5.41, 5.74) is 2.90. The van der Waals surface area contributed by atoms with Gasteiger partial charge in [0.2, 0.25) is 5.13 Å². The minimum atomic E-state index is -0.275. The quantitative estimate of drug-likeness (QED) is 0.710. The molecule has 0 radical (unpaired) electrons. The average molecular weight is 368 g/mol. The van der Waals surface area contributed by atoms with Gasteiger partial charge in [-0.15, -0.1) is 10.2 Å². The van der Waals surface area contributed by atoms with Crippen LogP contribution in [-0.4, -0.2) is 27.7 Å². The number of amides is 1. The van der Waals surface area contributed by atoms with Crippen molar-refractivity contribution in [2.45, 2.75) is 26.7 Å². The number of pyridine rings is 1. The lowest BCUT2D eigenvalue weighted by atomic mass is 10.0. The molecule has 0 aliphatic rings. The van der Waals surface area contributed by atoms with Gasteiger partial charge in [-0.3, -0.25) is 15.1 Å². The number of nitrogens with one attached hydrogen (secondary N) is 1. The molecule has 6 nitrogen and oxygen atoms in total. The molecule has 0 aliphatic heterocycles. The molecule has 3 rings (SSSR count). The van der Waals surface area contributed by atoms with Crippen LogP contribution in [-0.2, 0) is 4.79 Å². The van der Waals surface area contributed by atoms with Crippen molar-refractivity contribution in [3.05, 3.63) is 53.7 Å². The van der Waals surface area contributed by atoms with Crippen LogP contribution < -0.4 is 10.1 Å². The normalized spacial score (nSPS) is 10.8. The molecular weight excluding hydrogens is 348 g/mol. The van der Waals surface area contributed by atoms with Gasteiger partial charge in [0.1, 0.15) is 11.4 Å². The van der Waals surface area contributed by atoms with E-state index in [1.807, 2.05) is 37.3 Å². The van der Waals surface area contributed by atoms with Gasteiger partial charge in [0.15, 0.2) is 11.6 Å². The minimum Gasteiger partial charge on any atom is -0.483 e. The van der Waals surface area contributed by atoms with Gasteiger partial charge in [-0.25, -0.2) is 0 Å². The van der Waals surface area contributed by atoms with Crippen LogP contribution in [0.5, 0.6) is 5.75 Å². The van der Waals surface area contributed by atoms with E-state index in [9.17, 15) is 4.79 Å². The largest absolute Gasteiger partial charge is 0.483 e. The Kier molecular flexibility index (Phi) is 5.58. The van der Waals surface area contributed by atoms with Crippen molar-refractivity contribution in [1.29, 1.82) is 0 Å². The first-order valence-corrected chi connectivity index (χ1v) is 9.12. The van der Waals surface area contributed by atoms with E-state index in [1.54, 1.807) is 6.20 Å². The van der Waals surface area contributed by atoms with Crippen LogP contribution in [0.25, 0.3) is 10.7 Å². The Morgan fingerprint density at radius 3 is 2.81 bits per heavy atom. The Morgan fingerprint density at radius 2 is 2.08 bits per heavy atom. The SMILES string of the molecule is Cc1ccc(C(C)C)cc1OCC(=O)Nc1nnc(-c2ccccn2)s1. The minimum absolute atomic E-state index is 0.0825. The summed E-state index contributed by atoms with van der Waals surface area (Å²) in [5.74, 6) is 0.846. The number of benzene rings is 1. The predicted molar refractivity (Wildman–Crippen MR) is 103 cm³/mol. The Labute approximate surface area is 156 Å². The molecule has 0 spiro atoms. The lowest BCUT2D eigenvalue weighted by molar-refractivity contribution is -0.118. The van der Waals surface area contributed by atoms with Crippen molar-refractivity contribution in [1.82, 2.24) is 15.2 Å². The Balaban J connectivity index is 1.60. The maximum atomic E-state index is 12.1. The van der Waals surface area contributed by atoms with Gasteiger partial charge >= 0.3 is 0 Å². The molecule has 0 atom stereocenters. The summed E-state index contributed by atoms with van der Waals surface area (Å²) in [6.07, 6.45) is 1.69. The molecule has 1 N–H and O–H groups in total. The third-order valence-corrected chi connectivity index (χ3v) is 4.65. The maximum absolute atomic E-state index is 12.1. The second kappa shape index (κ2) is 8.05. The van der Waals surface area contributed by atoms with Gasteiger partial charge in [-0.05, 0) is 42.2 Å². The highest BCUT2D eigenvalue weighted by atomic mass is 32.1. The lowest BCUT2D eigenvalue weighted by Crippen LogP contribution is -2.20. The molecule has 0 saturated carbocycles. The van der Waals surface area contributed by atoms with Gasteiger partial charge < -0.3 is 4.74 Å². The molecule has 1 aromatic carbocycles. The predicted octanol–water partition coefficient (Wildman–Crippen LogP) is 4.05. The number of aryl methyl sites for hydroxylation is 1. The summed E-state index contributed by atoms with van der Waals surface area (Å²) < 4.78 is 5.69. The molecule has 2 aromatic heterocycles. The van der Waals surface area contributed by atoms with E-state index in [2.05, 4.69) is 40.4 Å². The van der Waals surface area contributed by atoms with Crippen LogP contribution in [0.3, 0.4) is 0 Å². The topological polar surface area (TPSA) is 77.0 Å². The number of anilines is 1. The van der Waals surface area contributed by atoms with Crippen LogP contribution in [0.15, 0.2) is 42.6 Å². The van der Waals surface area contributed by atoms with E-state index >= 15 is 0 Å². The fourth-order valence-electron chi connectivity index (χ4n) is 2.30. The molecule has 0 bridgehead atoms. The summed E-state index contributed by atoms with van der Waals surface area (Å²) in [7, 11) is 0. The standard InChI is InChI=1S/C19H20N4O2S/c1-12(2)14-8-7-13(3)16(10-14)25-11-17(24)21-19-23-22-18(26-19)15-6-4-5-9-20-15/h4-10,12H,11H2,1-3H3,(H,21,23,24). The van der Waals surface area contributed by atoms with E-state index in [-0.39, 0.29) is 12.5 Å². The van der Waals surface area contributed by atoms with Gasteiger partial charge in [0.25, 0.3) is 5.91 Å². The molecule has 1 amide bonds. The molecule has 0 saturated heterocycles. The Morgan fingerprint density at radius 1 is 1.23 bits per heavy atom. The first-order chi connectivity index (χ1) is 12.5. The first-order valence-electron chi connectivity index (χ1n) is 8.31. The average Bonchev–Trinajstić information content (AvgIpc) is 3.10. The van der Waals surface area contributed by atoms with Crippen molar-refractivity contribution >= 4 is 22.4 Å². The van der Waals surface area contributed by atoms with Gasteiger partial charge in [0, 0.05) is 6.20 Å². The molecule has 26 heavy (non-hydrogen) atoms. The summed E-state index contributed by atoms with van der Waals surface area (Å²) in [6.45, 7) is 6.12. The van der Waals surface area contributed by atoms with Gasteiger partial charge in [-0.1, -0.05) is 43.4 Å². The van der Waals surface area contributed by atoms with Crippen LogP contribution >= 0.6 is 11.3 Å².